The molecule has 92 valence electrons. The Kier molecular flexibility index (Phi) is 3.14. The zero-order valence-electron chi connectivity index (χ0n) is 9.26. The molecular formula is C13H10FNO3. The van der Waals surface area contributed by atoms with E-state index in [1.807, 2.05) is 0 Å². The maximum Gasteiger partial charge on any atom is 0.248 e. The minimum atomic E-state index is -0.704. The van der Waals surface area contributed by atoms with Gasteiger partial charge in [0.2, 0.25) is 5.91 Å². The molecule has 4 nitrogen and oxygen atoms in total. The van der Waals surface area contributed by atoms with Gasteiger partial charge in [0.15, 0.2) is 11.6 Å². The van der Waals surface area contributed by atoms with Crippen LogP contribution >= 0.6 is 0 Å². The number of amides is 1. The Balaban J connectivity index is 2.24. The topological polar surface area (TPSA) is 72.6 Å². The molecule has 0 spiro atoms. The highest BCUT2D eigenvalue weighted by atomic mass is 19.1. The minimum Gasteiger partial charge on any atom is -0.508 e. The van der Waals surface area contributed by atoms with Gasteiger partial charge < -0.3 is 15.6 Å². The van der Waals surface area contributed by atoms with E-state index in [-0.39, 0.29) is 17.1 Å². The number of phenols is 1. The van der Waals surface area contributed by atoms with Crippen molar-refractivity contribution < 1.29 is 19.0 Å². The van der Waals surface area contributed by atoms with Crippen LogP contribution < -0.4 is 10.5 Å². The molecule has 0 aliphatic rings. The largest absolute Gasteiger partial charge is 0.508 e. The van der Waals surface area contributed by atoms with Crippen LogP contribution in [0.3, 0.4) is 0 Å². The lowest BCUT2D eigenvalue weighted by Gasteiger charge is -2.07. The van der Waals surface area contributed by atoms with Crippen molar-refractivity contribution in [1.29, 1.82) is 0 Å². The van der Waals surface area contributed by atoms with Crippen LogP contribution in [0.2, 0.25) is 0 Å². The Labute approximate surface area is 102 Å². The van der Waals surface area contributed by atoms with Crippen molar-refractivity contribution in [3.63, 3.8) is 0 Å². The second kappa shape index (κ2) is 4.75. The predicted molar refractivity (Wildman–Crippen MR) is 63.1 cm³/mol. The lowest BCUT2D eigenvalue weighted by molar-refractivity contribution is 0.1000. The Bertz CT molecular complexity index is 581. The number of carbonyl (C=O) groups is 1. The Morgan fingerprint density at radius 3 is 2.39 bits per heavy atom. The fraction of sp³-hybridized carbons (Fsp3) is 0. The number of phenolic OH excluding ortho intramolecular Hbond substituents is 1. The van der Waals surface area contributed by atoms with Crippen LogP contribution in [-0.2, 0) is 0 Å². The van der Waals surface area contributed by atoms with Gasteiger partial charge in [0.25, 0.3) is 0 Å². The van der Waals surface area contributed by atoms with Crippen molar-refractivity contribution in [2.45, 2.75) is 0 Å². The summed E-state index contributed by atoms with van der Waals surface area (Å²) in [5.74, 6) is -0.944. The highest BCUT2D eigenvalue weighted by molar-refractivity contribution is 5.92. The number of benzene rings is 2. The maximum absolute atomic E-state index is 13.6. The van der Waals surface area contributed by atoms with Gasteiger partial charge in [0.1, 0.15) is 11.5 Å². The van der Waals surface area contributed by atoms with Crippen LogP contribution in [0.15, 0.2) is 42.5 Å². The van der Waals surface area contributed by atoms with Crippen molar-refractivity contribution >= 4 is 5.91 Å². The van der Waals surface area contributed by atoms with Gasteiger partial charge in [-0.15, -0.1) is 0 Å². The average Bonchev–Trinajstić information content (AvgIpc) is 2.34. The van der Waals surface area contributed by atoms with Gasteiger partial charge in [-0.1, -0.05) is 0 Å². The fourth-order valence-electron chi connectivity index (χ4n) is 1.38. The number of primary amides is 1. The van der Waals surface area contributed by atoms with E-state index in [1.165, 1.54) is 36.4 Å². The molecular weight excluding hydrogens is 237 g/mol. The van der Waals surface area contributed by atoms with E-state index in [4.69, 9.17) is 15.6 Å². The zero-order valence-corrected chi connectivity index (χ0v) is 9.26. The Morgan fingerprint density at radius 2 is 1.83 bits per heavy atom. The molecule has 0 aliphatic heterocycles. The van der Waals surface area contributed by atoms with Crippen molar-refractivity contribution in [2.75, 3.05) is 0 Å². The normalized spacial score (nSPS) is 10.1. The monoisotopic (exact) mass is 247 g/mol. The van der Waals surface area contributed by atoms with Gasteiger partial charge in [-0.2, -0.15) is 0 Å². The SMILES string of the molecule is NC(=O)c1ccc(Oc2ccc(O)cc2)c(F)c1. The molecule has 0 radical (unpaired) electrons. The van der Waals surface area contributed by atoms with Gasteiger partial charge in [-0.05, 0) is 42.5 Å². The van der Waals surface area contributed by atoms with Gasteiger partial charge >= 0.3 is 0 Å². The van der Waals surface area contributed by atoms with Crippen molar-refractivity contribution in [2.24, 2.45) is 5.73 Å². The molecule has 0 aromatic heterocycles. The third-order valence-electron chi connectivity index (χ3n) is 2.28. The molecule has 0 atom stereocenters. The lowest BCUT2D eigenvalue weighted by atomic mass is 10.2. The summed E-state index contributed by atoms with van der Waals surface area (Å²) >= 11 is 0. The second-order valence-electron chi connectivity index (χ2n) is 3.61. The first-order valence-corrected chi connectivity index (χ1v) is 5.12. The quantitative estimate of drug-likeness (QED) is 0.874. The van der Waals surface area contributed by atoms with E-state index in [2.05, 4.69) is 0 Å². The van der Waals surface area contributed by atoms with Gasteiger partial charge in [0, 0.05) is 5.56 Å². The van der Waals surface area contributed by atoms with Crippen molar-refractivity contribution in [3.8, 4) is 17.2 Å². The van der Waals surface area contributed by atoms with Crippen LogP contribution in [0.25, 0.3) is 0 Å². The highest BCUT2D eigenvalue weighted by Gasteiger charge is 2.08. The number of aromatic hydroxyl groups is 1. The molecule has 18 heavy (non-hydrogen) atoms. The Hall–Kier alpha value is -2.56. The first-order chi connectivity index (χ1) is 8.56. The summed E-state index contributed by atoms with van der Waals surface area (Å²) in [4.78, 5) is 10.8. The van der Waals surface area contributed by atoms with Gasteiger partial charge in [-0.25, -0.2) is 4.39 Å². The summed E-state index contributed by atoms with van der Waals surface area (Å²) in [6.07, 6.45) is 0. The summed E-state index contributed by atoms with van der Waals surface area (Å²) in [5, 5.41) is 9.09. The molecule has 0 saturated heterocycles. The molecule has 0 bridgehead atoms. The third kappa shape index (κ3) is 2.57. The van der Waals surface area contributed by atoms with E-state index >= 15 is 0 Å². The zero-order chi connectivity index (χ0) is 13.1. The minimum absolute atomic E-state index is 0.0225. The van der Waals surface area contributed by atoms with E-state index < -0.39 is 11.7 Å². The summed E-state index contributed by atoms with van der Waals surface area (Å²) in [6.45, 7) is 0. The number of carbonyl (C=O) groups excluding carboxylic acids is 1. The first-order valence-electron chi connectivity index (χ1n) is 5.12. The lowest BCUT2D eigenvalue weighted by Crippen LogP contribution is -2.11. The average molecular weight is 247 g/mol. The summed E-state index contributed by atoms with van der Waals surface area (Å²) in [6, 6.07) is 9.55. The number of nitrogens with two attached hydrogens (primary N) is 1. The van der Waals surface area contributed by atoms with Gasteiger partial charge in [-0.3, -0.25) is 4.79 Å². The van der Waals surface area contributed by atoms with E-state index in [0.29, 0.717) is 5.75 Å². The standard InChI is InChI=1S/C13H10FNO3/c14-11-7-8(13(15)17)1-6-12(11)18-10-4-2-9(16)3-5-10/h1-7,16H,(H2,15,17). The maximum atomic E-state index is 13.6. The third-order valence-corrected chi connectivity index (χ3v) is 2.28. The molecule has 0 unspecified atom stereocenters. The molecule has 3 N–H and O–H groups in total. The molecule has 0 fully saturated rings. The molecule has 1 amide bonds. The molecule has 0 saturated carbocycles. The molecule has 2 aromatic carbocycles. The summed E-state index contributed by atoms with van der Waals surface area (Å²) in [7, 11) is 0. The predicted octanol–water partition coefficient (Wildman–Crippen LogP) is 2.42. The molecule has 0 heterocycles. The van der Waals surface area contributed by atoms with Crippen LogP contribution in [-0.4, -0.2) is 11.0 Å². The number of halogens is 1. The number of ether oxygens (including phenoxy) is 1. The molecule has 0 aliphatic carbocycles. The van der Waals surface area contributed by atoms with E-state index in [0.717, 1.165) is 6.07 Å². The van der Waals surface area contributed by atoms with Crippen LogP contribution in [0.5, 0.6) is 17.2 Å². The Morgan fingerprint density at radius 1 is 1.17 bits per heavy atom. The molecule has 2 aromatic rings. The first kappa shape index (κ1) is 11.9. The molecule has 2 rings (SSSR count). The van der Waals surface area contributed by atoms with Crippen molar-refractivity contribution in [3.05, 3.63) is 53.8 Å². The highest BCUT2D eigenvalue weighted by Crippen LogP contribution is 2.26. The smallest absolute Gasteiger partial charge is 0.248 e. The second-order valence-corrected chi connectivity index (χ2v) is 3.61. The number of hydrogen-bond acceptors (Lipinski definition) is 3. The van der Waals surface area contributed by atoms with Crippen LogP contribution in [0, 0.1) is 5.82 Å². The van der Waals surface area contributed by atoms with Crippen molar-refractivity contribution in [1.82, 2.24) is 0 Å². The molecule has 5 heteroatoms. The van der Waals surface area contributed by atoms with E-state index in [1.54, 1.807) is 0 Å². The van der Waals surface area contributed by atoms with Crippen LogP contribution in [0.1, 0.15) is 10.4 Å². The summed E-state index contributed by atoms with van der Waals surface area (Å²) < 4.78 is 18.9. The fourth-order valence-corrected chi connectivity index (χ4v) is 1.38. The summed E-state index contributed by atoms with van der Waals surface area (Å²) in [5.41, 5.74) is 5.10. The number of hydrogen-bond donors (Lipinski definition) is 2. The van der Waals surface area contributed by atoms with E-state index in [9.17, 15) is 9.18 Å². The number of rotatable bonds is 3. The van der Waals surface area contributed by atoms with Gasteiger partial charge in [0.05, 0.1) is 0 Å². The van der Waals surface area contributed by atoms with Crippen LogP contribution in [0.4, 0.5) is 4.39 Å².